The maximum Gasteiger partial charge on any atom is 0.235 e. The molecule has 1 aliphatic rings. The summed E-state index contributed by atoms with van der Waals surface area (Å²) in [6, 6.07) is 9.77. The number of rotatable bonds is 2. The van der Waals surface area contributed by atoms with Gasteiger partial charge in [0.15, 0.2) is 0 Å². The summed E-state index contributed by atoms with van der Waals surface area (Å²) in [6.45, 7) is 0. The lowest BCUT2D eigenvalue weighted by atomic mass is 9.95. The lowest BCUT2D eigenvalue weighted by Crippen LogP contribution is -2.39. The Morgan fingerprint density at radius 3 is 2.74 bits per heavy atom. The quantitative estimate of drug-likeness (QED) is 0.825. The minimum absolute atomic E-state index is 0.205. The molecule has 1 fully saturated rings. The van der Waals surface area contributed by atoms with Crippen LogP contribution in [0.4, 0.5) is 0 Å². The number of nitrogens with one attached hydrogen (secondary N) is 1. The Hall–Kier alpha value is -2.43. The number of carbonyl (C=O) groups excluding carboxylic acids is 2. The number of hydrogen-bond acceptors (Lipinski definition) is 3. The Bertz CT molecular complexity index is 619. The average molecular weight is 255 g/mol. The molecule has 1 aliphatic heterocycles. The van der Waals surface area contributed by atoms with E-state index in [1.807, 2.05) is 41.1 Å². The summed E-state index contributed by atoms with van der Waals surface area (Å²) in [7, 11) is 0. The fourth-order valence-corrected chi connectivity index (χ4v) is 2.24. The van der Waals surface area contributed by atoms with Crippen LogP contribution in [-0.4, -0.2) is 21.4 Å². The predicted octanol–water partition coefficient (Wildman–Crippen LogP) is 1.39. The van der Waals surface area contributed by atoms with Crippen LogP contribution < -0.4 is 5.32 Å². The first-order chi connectivity index (χ1) is 9.24. The summed E-state index contributed by atoms with van der Waals surface area (Å²) in [5.74, 6) is -0.791. The lowest BCUT2D eigenvalue weighted by molar-refractivity contribution is -0.134. The standard InChI is InChI=1S/C14H13N3O2/c18-13-7-6-11(14(19)16-13)12-8-17(9-15-12)10-4-2-1-3-5-10/h1-5,8-9,11H,6-7H2,(H,16,18,19). The zero-order valence-electron chi connectivity index (χ0n) is 10.2. The largest absolute Gasteiger partial charge is 0.306 e. The maximum absolute atomic E-state index is 11.8. The van der Waals surface area contributed by atoms with Crippen molar-refractivity contribution in [3.05, 3.63) is 48.5 Å². The molecule has 5 heteroatoms. The van der Waals surface area contributed by atoms with Crippen LogP contribution in [0.25, 0.3) is 5.69 Å². The zero-order chi connectivity index (χ0) is 13.2. The van der Waals surface area contributed by atoms with E-state index in [1.54, 1.807) is 6.33 Å². The number of hydrogen-bond donors (Lipinski definition) is 1. The molecule has 0 spiro atoms. The van der Waals surface area contributed by atoms with Crippen LogP contribution in [-0.2, 0) is 9.59 Å². The molecule has 96 valence electrons. The molecule has 3 rings (SSSR count). The van der Waals surface area contributed by atoms with Gasteiger partial charge in [-0.15, -0.1) is 0 Å². The fourth-order valence-electron chi connectivity index (χ4n) is 2.24. The van der Waals surface area contributed by atoms with Crippen LogP contribution in [0.2, 0.25) is 0 Å². The molecule has 5 nitrogen and oxygen atoms in total. The Morgan fingerprint density at radius 1 is 1.21 bits per heavy atom. The highest BCUT2D eigenvalue weighted by atomic mass is 16.2. The van der Waals surface area contributed by atoms with Gasteiger partial charge in [-0.3, -0.25) is 14.9 Å². The molecule has 2 heterocycles. The van der Waals surface area contributed by atoms with Crippen molar-refractivity contribution in [2.75, 3.05) is 0 Å². The van der Waals surface area contributed by atoms with Crippen molar-refractivity contribution in [3.63, 3.8) is 0 Å². The first-order valence-corrected chi connectivity index (χ1v) is 6.17. The van der Waals surface area contributed by atoms with Gasteiger partial charge in [-0.2, -0.15) is 0 Å². The van der Waals surface area contributed by atoms with E-state index in [0.717, 1.165) is 5.69 Å². The minimum atomic E-state index is -0.331. The molecule has 0 saturated carbocycles. The smallest absolute Gasteiger partial charge is 0.235 e. The van der Waals surface area contributed by atoms with Gasteiger partial charge in [0.1, 0.15) is 0 Å². The number of aromatic nitrogens is 2. The van der Waals surface area contributed by atoms with Gasteiger partial charge in [-0.05, 0) is 18.6 Å². The average Bonchev–Trinajstić information content (AvgIpc) is 2.89. The SMILES string of the molecule is O=C1CCC(c2cn(-c3ccccc3)cn2)C(=O)N1. The topological polar surface area (TPSA) is 64.0 Å². The molecule has 1 aromatic carbocycles. The molecule has 1 saturated heterocycles. The van der Waals surface area contributed by atoms with Gasteiger partial charge >= 0.3 is 0 Å². The highest BCUT2D eigenvalue weighted by molar-refractivity contribution is 6.00. The summed E-state index contributed by atoms with van der Waals surface area (Å²) >= 11 is 0. The van der Waals surface area contributed by atoms with Gasteiger partial charge < -0.3 is 4.57 Å². The van der Waals surface area contributed by atoms with E-state index >= 15 is 0 Å². The van der Waals surface area contributed by atoms with Crippen molar-refractivity contribution in [2.24, 2.45) is 0 Å². The van der Waals surface area contributed by atoms with Crippen molar-refractivity contribution in [1.82, 2.24) is 14.9 Å². The van der Waals surface area contributed by atoms with Crippen LogP contribution in [0, 0.1) is 0 Å². The summed E-state index contributed by atoms with van der Waals surface area (Å²) in [5.41, 5.74) is 1.70. The van der Waals surface area contributed by atoms with Gasteiger partial charge in [0.2, 0.25) is 11.8 Å². The van der Waals surface area contributed by atoms with Gasteiger partial charge in [-0.25, -0.2) is 4.98 Å². The number of carbonyl (C=O) groups is 2. The molecule has 19 heavy (non-hydrogen) atoms. The summed E-state index contributed by atoms with van der Waals surface area (Å²) in [4.78, 5) is 27.2. The second-order valence-corrected chi connectivity index (χ2v) is 4.55. The van der Waals surface area contributed by atoms with Crippen LogP contribution >= 0.6 is 0 Å². The van der Waals surface area contributed by atoms with Gasteiger partial charge in [-0.1, -0.05) is 18.2 Å². The molecule has 0 bridgehead atoms. The number of para-hydroxylation sites is 1. The zero-order valence-corrected chi connectivity index (χ0v) is 10.2. The number of benzene rings is 1. The van der Waals surface area contributed by atoms with Crippen LogP contribution in [0.15, 0.2) is 42.9 Å². The third-order valence-electron chi connectivity index (χ3n) is 3.25. The fraction of sp³-hybridized carbons (Fsp3) is 0.214. The number of imidazole rings is 1. The van der Waals surface area contributed by atoms with Crippen molar-refractivity contribution >= 4 is 11.8 Å². The minimum Gasteiger partial charge on any atom is -0.306 e. The number of nitrogens with zero attached hydrogens (tertiary/aromatic N) is 2. The molecular weight excluding hydrogens is 242 g/mol. The van der Waals surface area contributed by atoms with Crippen molar-refractivity contribution in [1.29, 1.82) is 0 Å². The molecule has 1 atom stereocenters. The molecule has 1 unspecified atom stereocenters. The van der Waals surface area contributed by atoms with Crippen LogP contribution in [0.5, 0.6) is 0 Å². The van der Waals surface area contributed by atoms with E-state index in [4.69, 9.17) is 0 Å². The summed E-state index contributed by atoms with van der Waals surface area (Å²) in [5, 5.41) is 2.35. The van der Waals surface area contributed by atoms with E-state index < -0.39 is 0 Å². The molecule has 1 aromatic heterocycles. The van der Waals surface area contributed by atoms with Crippen LogP contribution in [0.1, 0.15) is 24.5 Å². The molecule has 0 aliphatic carbocycles. The molecule has 2 amide bonds. The third-order valence-corrected chi connectivity index (χ3v) is 3.25. The monoisotopic (exact) mass is 255 g/mol. The van der Waals surface area contributed by atoms with Gasteiger partial charge in [0.05, 0.1) is 17.9 Å². The highest BCUT2D eigenvalue weighted by Crippen LogP contribution is 2.23. The van der Waals surface area contributed by atoms with E-state index in [1.165, 1.54) is 0 Å². The van der Waals surface area contributed by atoms with E-state index in [-0.39, 0.29) is 17.7 Å². The molecule has 0 radical (unpaired) electrons. The molecular formula is C14H13N3O2. The van der Waals surface area contributed by atoms with Gasteiger partial charge in [0.25, 0.3) is 0 Å². The van der Waals surface area contributed by atoms with Gasteiger partial charge in [0, 0.05) is 18.3 Å². The predicted molar refractivity (Wildman–Crippen MR) is 68.7 cm³/mol. The number of piperidine rings is 1. The lowest BCUT2D eigenvalue weighted by Gasteiger charge is -2.18. The summed E-state index contributed by atoms with van der Waals surface area (Å²) in [6.07, 6.45) is 4.43. The molecule has 2 aromatic rings. The van der Waals surface area contributed by atoms with E-state index in [0.29, 0.717) is 18.5 Å². The van der Waals surface area contributed by atoms with Crippen molar-refractivity contribution in [2.45, 2.75) is 18.8 Å². The first-order valence-electron chi connectivity index (χ1n) is 6.17. The van der Waals surface area contributed by atoms with Crippen molar-refractivity contribution < 1.29 is 9.59 Å². The molecule has 1 N–H and O–H groups in total. The Balaban J connectivity index is 1.86. The number of imide groups is 1. The summed E-state index contributed by atoms with van der Waals surface area (Å²) < 4.78 is 1.87. The highest BCUT2D eigenvalue weighted by Gasteiger charge is 2.29. The Morgan fingerprint density at radius 2 is 2.00 bits per heavy atom. The second kappa shape index (κ2) is 4.68. The first kappa shape index (κ1) is 11.6. The Kier molecular flexibility index (Phi) is 2.87. The van der Waals surface area contributed by atoms with Crippen LogP contribution in [0.3, 0.4) is 0 Å². The maximum atomic E-state index is 11.8. The van der Waals surface area contributed by atoms with E-state index in [2.05, 4.69) is 10.3 Å². The second-order valence-electron chi connectivity index (χ2n) is 4.55. The number of amides is 2. The van der Waals surface area contributed by atoms with Crippen molar-refractivity contribution in [3.8, 4) is 5.69 Å². The van der Waals surface area contributed by atoms with E-state index in [9.17, 15) is 9.59 Å². The normalized spacial score (nSPS) is 19.3. The Labute approximate surface area is 110 Å². The third kappa shape index (κ3) is 2.27.